The molecule has 2 nitrogen and oxygen atoms in total. The summed E-state index contributed by atoms with van der Waals surface area (Å²) in [5.41, 5.74) is -0.501. The quantitative estimate of drug-likeness (QED) is 0.663. The van der Waals surface area contributed by atoms with E-state index in [0.717, 1.165) is 18.8 Å². The predicted molar refractivity (Wildman–Crippen MR) is 49.1 cm³/mol. The van der Waals surface area contributed by atoms with Gasteiger partial charge in [-0.1, -0.05) is 12.8 Å². The molecule has 0 bridgehead atoms. The molecule has 72 valence electrons. The molecule has 1 fully saturated rings. The highest BCUT2D eigenvalue weighted by molar-refractivity contribution is 4.79. The second-order valence-corrected chi connectivity index (χ2v) is 4.22. The predicted octanol–water partition coefficient (Wildman–Crippen LogP) is 1.96. The van der Waals surface area contributed by atoms with Crippen molar-refractivity contribution >= 4 is 0 Å². The van der Waals surface area contributed by atoms with E-state index in [1.54, 1.807) is 7.11 Å². The highest BCUT2D eigenvalue weighted by atomic mass is 16.5. The third kappa shape index (κ3) is 4.07. The van der Waals surface area contributed by atoms with Gasteiger partial charge in [-0.2, -0.15) is 0 Å². The van der Waals surface area contributed by atoms with Gasteiger partial charge >= 0.3 is 0 Å². The Morgan fingerprint density at radius 3 is 2.58 bits per heavy atom. The van der Waals surface area contributed by atoms with Crippen LogP contribution >= 0.6 is 0 Å². The summed E-state index contributed by atoms with van der Waals surface area (Å²) in [5.74, 6) is 0.916. The summed E-state index contributed by atoms with van der Waals surface area (Å²) in [6.07, 6.45) is 5.63. The normalized spacial score (nSPS) is 22.2. The molecule has 0 aromatic rings. The molecule has 1 saturated carbocycles. The van der Waals surface area contributed by atoms with Gasteiger partial charge in [0.25, 0.3) is 0 Å². The van der Waals surface area contributed by atoms with Crippen molar-refractivity contribution in [1.29, 1.82) is 0 Å². The first-order chi connectivity index (χ1) is 5.64. The molecule has 0 aromatic carbocycles. The first-order valence-electron chi connectivity index (χ1n) is 4.85. The fourth-order valence-corrected chi connectivity index (χ4v) is 1.37. The number of methoxy groups -OCH3 is 1. The van der Waals surface area contributed by atoms with Gasteiger partial charge < -0.3 is 9.84 Å². The second kappa shape index (κ2) is 4.24. The molecular formula is C10H20O2. The van der Waals surface area contributed by atoms with Gasteiger partial charge in [0.05, 0.1) is 5.60 Å². The van der Waals surface area contributed by atoms with Gasteiger partial charge in [0, 0.05) is 13.7 Å². The Labute approximate surface area is 74.9 Å². The molecular weight excluding hydrogens is 152 g/mol. The summed E-state index contributed by atoms with van der Waals surface area (Å²) >= 11 is 0. The van der Waals surface area contributed by atoms with E-state index in [-0.39, 0.29) is 0 Å². The van der Waals surface area contributed by atoms with Gasteiger partial charge in [-0.25, -0.2) is 0 Å². The Morgan fingerprint density at radius 1 is 1.42 bits per heavy atom. The standard InChI is InChI=1S/C10H20O2/c1-10(11,7-8-12-2)6-5-9-3-4-9/h9,11H,3-8H2,1-2H3. The van der Waals surface area contributed by atoms with E-state index in [1.165, 1.54) is 19.3 Å². The summed E-state index contributed by atoms with van der Waals surface area (Å²) in [6, 6.07) is 0. The molecule has 0 aliphatic heterocycles. The average molecular weight is 172 g/mol. The number of rotatable bonds is 6. The second-order valence-electron chi connectivity index (χ2n) is 4.22. The van der Waals surface area contributed by atoms with Crippen LogP contribution in [0.2, 0.25) is 0 Å². The van der Waals surface area contributed by atoms with Crippen LogP contribution in [0, 0.1) is 5.92 Å². The molecule has 1 unspecified atom stereocenters. The minimum atomic E-state index is -0.501. The van der Waals surface area contributed by atoms with Crippen molar-refractivity contribution < 1.29 is 9.84 Å². The molecule has 0 radical (unpaired) electrons. The highest BCUT2D eigenvalue weighted by Gasteiger charge is 2.26. The lowest BCUT2D eigenvalue weighted by molar-refractivity contribution is 0.0146. The van der Waals surface area contributed by atoms with E-state index in [2.05, 4.69) is 0 Å². The summed E-state index contributed by atoms with van der Waals surface area (Å²) in [7, 11) is 1.68. The molecule has 0 saturated heterocycles. The first-order valence-corrected chi connectivity index (χ1v) is 4.85. The lowest BCUT2D eigenvalue weighted by Gasteiger charge is -2.22. The Hall–Kier alpha value is -0.0800. The topological polar surface area (TPSA) is 29.5 Å². The number of hydrogen-bond acceptors (Lipinski definition) is 2. The van der Waals surface area contributed by atoms with Gasteiger partial charge in [0.1, 0.15) is 0 Å². The zero-order valence-electron chi connectivity index (χ0n) is 8.18. The van der Waals surface area contributed by atoms with Crippen LogP contribution in [0.15, 0.2) is 0 Å². The van der Waals surface area contributed by atoms with Crippen molar-refractivity contribution in [2.75, 3.05) is 13.7 Å². The van der Waals surface area contributed by atoms with Gasteiger partial charge in [-0.3, -0.25) is 0 Å². The van der Waals surface area contributed by atoms with E-state index in [1.807, 2.05) is 6.92 Å². The minimum absolute atomic E-state index is 0.501. The van der Waals surface area contributed by atoms with Crippen LogP contribution in [0.4, 0.5) is 0 Å². The van der Waals surface area contributed by atoms with Crippen LogP contribution in [-0.4, -0.2) is 24.4 Å². The summed E-state index contributed by atoms with van der Waals surface area (Å²) in [4.78, 5) is 0. The zero-order valence-corrected chi connectivity index (χ0v) is 8.18. The van der Waals surface area contributed by atoms with Crippen LogP contribution in [0.5, 0.6) is 0 Å². The zero-order chi connectivity index (χ0) is 9.03. The Kier molecular flexibility index (Phi) is 3.53. The number of ether oxygens (including phenoxy) is 1. The molecule has 12 heavy (non-hydrogen) atoms. The Bertz CT molecular complexity index is 128. The van der Waals surface area contributed by atoms with E-state index in [0.29, 0.717) is 6.61 Å². The largest absolute Gasteiger partial charge is 0.390 e. The maximum absolute atomic E-state index is 9.84. The molecule has 1 rings (SSSR count). The monoisotopic (exact) mass is 172 g/mol. The van der Waals surface area contributed by atoms with Gasteiger partial charge in [0.15, 0.2) is 0 Å². The lowest BCUT2D eigenvalue weighted by Crippen LogP contribution is -2.25. The van der Waals surface area contributed by atoms with Gasteiger partial charge in [-0.15, -0.1) is 0 Å². The van der Waals surface area contributed by atoms with E-state index in [4.69, 9.17) is 4.74 Å². The molecule has 1 aliphatic rings. The first kappa shape index (κ1) is 10.0. The number of aliphatic hydroxyl groups is 1. The Morgan fingerprint density at radius 2 is 2.08 bits per heavy atom. The fourth-order valence-electron chi connectivity index (χ4n) is 1.37. The third-order valence-corrected chi connectivity index (χ3v) is 2.63. The van der Waals surface area contributed by atoms with Crippen LogP contribution in [-0.2, 0) is 4.74 Å². The molecule has 1 atom stereocenters. The van der Waals surface area contributed by atoms with Crippen LogP contribution in [0.3, 0.4) is 0 Å². The van der Waals surface area contributed by atoms with Gasteiger partial charge in [-0.05, 0) is 32.1 Å². The van der Waals surface area contributed by atoms with Crippen molar-refractivity contribution in [2.24, 2.45) is 5.92 Å². The van der Waals surface area contributed by atoms with Gasteiger partial charge in [0.2, 0.25) is 0 Å². The summed E-state index contributed by atoms with van der Waals surface area (Å²) < 4.78 is 4.94. The minimum Gasteiger partial charge on any atom is -0.390 e. The van der Waals surface area contributed by atoms with E-state index >= 15 is 0 Å². The van der Waals surface area contributed by atoms with Crippen molar-refractivity contribution in [3.63, 3.8) is 0 Å². The molecule has 2 heteroatoms. The van der Waals surface area contributed by atoms with Crippen LogP contribution in [0.25, 0.3) is 0 Å². The third-order valence-electron chi connectivity index (χ3n) is 2.63. The van der Waals surface area contributed by atoms with Crippen molar-refractivity contribution in [3.8, 4) is 0 Å². The fraction of sp³-hybridized carbons (Fsp3) is 1.00. The lowest BCUT2D eigenvalue weighted by atomic mass is 9.95. The maximum Gasteiger partial charge on any atom is 0.0641 e. The molecule has 0 aromatic heterocycles. The highest BCUT2D eigenvalue weighted by Crippen LogP contribution is 2.35. The van der Waals surface area contributed by atoms with Crippen molar-refractivity contribution in [3.05, 3.63) is 0 Å². The molecule has 0 amide bonds. The summed E-state index contributed by atoms with van der Waals surface area (Å²) in [6.45, 7) is 2.58. The van der Waals surface area contributed by atoms with Crippen LogP contribution in [0.1, 0.15) is 39.0 Å². The van der Waals surface area contributed by atoms with E-state index in [9.17, 15) is 5.11 Å². The summed E-state index contributed by atoms with van der Waals surface area (Å²) in [5, 5.41) is 9.84. The molecule has 0 spiro atoms. The molecule has 1 N–H and O–H groups in total. The van der Waals surface area contributed by atoms with Crippen molar-refractivity contribution in [1.82, 2.24) is 0 Å². The Balaban J connectivity index is 2.07. The maximum atomic E-state index is 9.84. The molecule has 1 aliphatic carbocycles. The number of hydrogen-bond donors (Lipinski definition) is 1. The SMILES string of the molecule is COCCC(C)(O)CCC1CC1. The van der Waals surface area contributed by atoms with Crippen LogP contribution < -0.4 is 0 Å². The molecule has 0 heterocycles. The van der Waals surface area contributed by atoms with E-state index < -0.39 is 5.60 Å². The average Bonchev–Trinajstić information content (AvgIpc) is 2.81. The smallest absolute Gasteiger partial charge is 0.0641 e. The van der Waals surface area contributed by atoms with Crippen molar-refractivity contribution in [2.45, 2.75) is 44.6 Å².